The highest BCUT2D eigenvalue weighted by Crippen LogP contribution is 2.12. The van der Waals surface area contributed by atoms with Crippen molar-refractivity contribution < 1.29 is 9.59 Å². The number of primary amides is 1. The largest absolute Gasteiger partial charge is 0.368 e. The summed E-state index contributed by atoms with van der Waals surface area (Å²) in [5.74, 6) is -0.793. The Morgan fingerprint density at radius 3 is 2.77 bits per heavy atom. The van der Waals surface area contributed by atoms with E-state index in [1.54, 1.807) is 6.07 Å². The summed E-state index contributed by atoms with van der Waals surface area (Å²) in [5, 5.41) is 4.28. The van der Waals surface area contributed by atoms with Crippen molar-refractivity contribution in [3.05, 3.63) is 21.9 Å². The van der Waals surface area contributed by atoms with Gasteiger partial charge in [-0.1, -0.05) is 0 Å². The van der Waals surface area contributed by atoms with Gasteiger partial charge in [0.1, 0.15) is 0 Å². The SMILES string of the molecule is Cc1csc(C(=O)NCC(N)=O)c1. The number of nitrogens with two attached hydrogens (primary N) is 1. The summed E-state index contributed by atoms with van der Waals surface area (Å²) in [7, 11) is 0. The Bertz CT molecular complexity index is 333. The molecule has 4 nitrogen and oxygen atoms in total. The monoisotopic (exact) mass is 198 g/mol. The van der Waals surface area contributed by atoms with Gasteiger partial charge in [0.15, 0.2) is 0 Å². The molecule has 0 saturated heterocycles. The van der Waals surface area contributed by atoms with Crippen LogP contribution in [0.5, 0.6) is 0 Å². The first-order valence-corrected chi connectivity index (χ1v) is 4.59. The third-order valence-corrected chi connectivity index (χ3v) is 2.42. The maximum atomic E-state index is 11.3. The average Bonchev–Trinajstić information content (AvgIpc) is 2.47. The molecular weight excluding hydrogens is 188 g/mol. The number of amides is 2. The summed E-state index contributed by atoms with van der Waals surface area (Å²) < 4.78 is 0. The molecular formula is C8H10N2O2S. The van der Waals surface area contributed by atoms with Gasteiger partial charge < -0.3 is 11.1 Å². The molecule has 0 spiro atoms. The Kier molecular flexibility index (Phi) is 3.02. The van der Waals surface area contributed by atoms with Crippen LogP contribution >= 0.6 is 11.3 Å². The maximum absolute atomic E-state index is 11.3. The van der Waals surface area contributed by atoms with Crippen LogP contribution in [0.1, 0.15) is 15.2 Å². The normalized spacial score (nSPS) is 9.62. The molecule has 1 aromatic rings. The quantitative estimate of drug-likeness (QED) is 0.731. The van der Waals surface area contributed by atoms with Crippen molar-refractivity contribution in [3.63, 3.8) is 0 Å². The van der Waals surface area contributed by atoms with Crippen LogP contribution in [0.25, 0.3) is 0 Å². The lowest BCUT2D eigenvalue weighted by Gasteiger charge is -1.98. The summed E-state index contributed by atoms with van der Waals surface area (Å²) in [6, 6.07) is 1.76. The lowest BCUT2D eigenvalue weighted by atomic mass is 10.3. The van der Waals surface area contributed by atoms with Crippen LogP contribution in [-0.2, 0) is 4.79 Å². The molecule has 13 heavy (non-hydrogen) atoms. The van der Waals surface area contributed by atoms with E-state index < -0.39 is 5.91 Å². The van der Waals surface area contributed by atoms with Gasteiger partial charge in [0, 0.05) is 0 Å². The predicted molar refractivity (Wildman–Crippen MR) is 50.6 cm³/mol. The van der Waals surface area contributed by atoms with Crippen molar-refractivity contribution >= 4 is 23.2 Å². The summed E-state index contributed by atoms with van der Waals surface area (Å²) in [6.07, 6.45) is 0. The van der Waals surface area contributed by atoms with Crippen LogP contribution in [0.4, 0.5) is 0 Å². The molecule has 1 heterocycles. The van der Waals surface area contributed by atoms with Crippen LogP contribution in [0.15, 0.2) is 11.4 Å². The first-order chi connectivity index (χ1) is 6.09. The third kappa shape index (κ3) is 2.87. The Labute approximate surface area is 79.7 Å². The van der Waals surface area contributed by atoms with E-state index in [1.807, 2.05) is 12.3 Å². The number of carbonyl (C=O) groups excluding carboxylic acids is 2. The van der Waals surface area contributed by atoms with Gasteiger partial charge in [-0.2, -0.15) is 0 Å². The van der Waals surface area contributed by atoms with E-state index in [2.05, 4.69) is 5.32 Å². The second kappa shape index (κ2) is 4.04. The summed E-state index contributed by atoms with van der Waals surface area (Å²) >= 11 is 1.35. The molecule has 5 heteroatoms. The number of carbonyl (C=O) groups is 2. The second-order valence-electron chi connectivity index (χ2n) is 2.64. The molecule has 1 rings (SSSR count). The molecule has 1 aromatic heterocycles. The van der Waals surface area contributed by atoms with Crippen molar-refractivity contribution in [3.8, 4) is 0 Å². The van der Waals surface area contributed by atoms with Gasteiger partial charge in [0.05, 0.1) is 11.4 Å². The van der Waals surface area contributed by atoms with E-state index >= 15 is 0 Å². The van der Waals surface area contributed by atoms with Crippen LogP contribution in [0.2, 0.25) is 0 Å². The molecule has 0 atom stereocenters. The Morgan fingerprint density at radius 2 is 2.31 bits per heavy atom. The van der Waals surface area contributed by atoms with Crippen molar-refractivity contribution in [1.82, 2.24) is 5.32 Å². The van der Waals surface area contributed by atoms with E-state index in [0.29, 0.717) is 4.88 Å². The summed E-state index contributed by atoms with van der Waals surface area (Å²) in [6.45, 7) is 1.79. The van der Waals surface area contributed by atoms with E-state index in [0.717, 1.165) is 5.56 Å². The molecule has 0 bridgehead atoms. The standard InChI is InChI=1S/C8H10N2O2S/c1-5-2-6(13-4-5)8(12)10-3-7(9)11/h2,4H,3H2,1H3,(H2,9,11)(H,10,12). The van der Waals surface area contributed by atoms with E-state index in [-0.39, 0.29) is 12.5 Å². The van der Waals surface area contributed by atoms with Gasteiger partial charge in [-0.25, -0.2) is 0 Å². The van der Waals surface area contributed by atoms with E-state index in [9.17, 15) is 9.59 Å². The zero-order valence-corrected chi connectivity index (χ0v) is 7.98. The number of thiophene rings is 1. The number of hydrogen-bond acceptors (Lipinski definition) is 3. The summed E-state index contributed by atoms with van der Waals surface area (Å²) in [4.78, 5) is 22.2. The minimum absolute atomic E-state index is 0.115. The van der Waals surface area contributed by atoms with Crippen molar-refractivity contribution in [2.24, 2.45) is 5.73 Å². The maximum Gasteiger partial charge on any atom is 0.261 e. The van der Waals surface area contributed by atoms with Crippen LogP contribution < -0.4 is 11.1 Å². The average molecular weight is 198 g/mol. The topological polar surface area (TPSA) is 72.2 Å². The number of rotatable bonds is 3. The number of nitrogens with one attached hydrogen (secondary N) is 1. The second-order valence-corrected chi connectivity index (χ2v) is 3.55. The molecule has 0 unspecified atom stereocenters. The Hall–Kier alpha value is -1.36. The number of hydrogen-bond donors (Lipinski definition) is 2. The highest BCUT2D eigenvalue weighted by atomic mass is 32.1. The van der Waals surface area contributed by atoms with E-state index in [1.165, 1.54) is 11.3 Å². The third-order valence-electron chi connectivity index (χ3n) is 1.38. The van der Waals surface area contributed by atoms with Crippen molar-refractivity contribution in [1.29, 1.82) is 0 Å². The first-order valence-electron chi connectivity index (χ1n) is 3.71. The minimum Gasteiger partial charge on any atom is -0.368 e. The van der Waals surface area contributed by atoms with E-state index in [4.69, 9.17) is 5.73 Å². The van der Waals surface area contributed by atoms with Gasteiger partial charge >= 0.3 is 0 Å². The van der Waals surface area contributed by atoms with Gasteiger partial charge in [-0.3, -0.25) is 9.59 Å². The number of aryl methyl sites for hydroxylation is 1. The van der Waals surface area contributed by atoms with Crippen molar-refractivity contribution in [2.45, 2.75) is 6.92 Å². The van der Waals surface area contributed by atoms with Crippen LogP contribution in [0, 0.1) is 6.92 Å². The van der Waals surface area contributed by atoms with Gasteiger partial charge in [-0.15, -0.1) is 11.3 Å². The summed E-state index contributed by atoms with van der Waals surface area (Å²) in [5.41, 5.74) is 5.91. The molecule has 0 radical (unpaired) electrons. The molecule has 0 aliphatic carbocycles. The minimum atomic E-state index is -0.540. The van der Waals surface area contributed by atoms with Crippen molar-refractivity contribution in [2.75, 3.05) is 6.54 Å². The highest BCUT2D eigenvalue weighted by Gasteiger charge is 2.07. The van der Waals surface area contributed by atoms with Gasteiger partial charge in [0.25, 0.3) is 5.91 Å². The first kappa shape index (κ1) is 9.73. The molecule has 70 valence electrons. The van der Waals surface area contributed by atoms with Crippen LogP contribution in [-0.4, -0.2) is 18.4 Å². The lowest BCUT2D eigenvalue weighted by Crippen LogP contribution is -2.32. The fraction of sp³-hybridized carbons (Fsp3) is 0.250. The lowest BCUT2D eigenvalue weighted by molar-refractivity contribution is -0.117. The predicted octanol–water partition coefficient (Wildman–Crippen LogP) is 0.272. The van der Waals surface area contributed by atoms with Crippen LogP contribution in [0.3, 0.4) is 0 Å². The molecule has 3 N–H and O–H groups in total. The molecule has 0 aliphatic heterocycles. The molecule has 0 saturated carbocycles. The molecule has 0 aromatic carbocycles. The van der Waals surface area contributed by atoms with Gasteiger partial charge in [0.2, 0.25) is 5.91 Å². The molecule has 2 amide bonds. The Balaban J connectivity index is 2.54. The molecule has 0 aliphatic rings. The zero-order valence-electron chi connectivity index (χ0n) is 7.16. The molecule has 0 fully saturated rings. The highest BCUT2D eigenvalue weighted by molar-refractivity contribution is 7.12. The smallest absolute Gasteiger partial charge is 0.261 e. The fourth-order valence-electron chi connectivity index (χ4n) is 0.805. The fourth-order valence-corrected chi connectivity index (χ4v) is 1.62. The zero-order chi connectivity index (χ0) is 9.84. The Morgan fingerprint density at radius 1 is 1.62 bits per heavy atom. The van der Waals surface area contributed by atoms with Gasteiger partial charge in [-0.05, 0) is 23.9 Å².